The van der Waals surface area contributed by atoms with Crippen molar-refractivity contribution >= 4 is 33.2 Å². The Labute approximate surface area is 166 Å². The van der Waals surface area contributed by atoms with Crippen molar-refractivity contribution in [3.63, 3.8) is 0 Å². The second-order valence-electron chi connectivity index (χ2n) is 6.23. The molecule has 0 aliphatic heterocycles. The van der Waals surface area contributed by atoms with Gasteiger partial charge in [-0.2, -0.15) is 0 Å². The van der Waals surface area contributed by atoms with Crippen LogP contribution < -0.4 is 15.6 Å². The molecule has 0 saturated heterocycles. The summed E-state index contributed by atoms with van der Waals surface area (Å²) in [5, 5.41) is 3.74. The number of benzene rings is 1. The third-order valence-electron chi connectivity index (χ3n) is 4.24. The number of fused-ring (bicyclic) bond motifs is 1. The molecule has 0 fully saturated rings. The Kier molecular flexibility index (Phi) is 5.99. The van der Waals surface area contributed by atoms with E-state index in [2.05, 4.69) is 15.3 Å². The number of aryl methyl sites for hydroxylation is 1. The van der Waals surface area contributed by atoms with Crippen LogP contribution >= 0.6 is 11.3 Å². The zero-order valence-corrected chi connectivity index (χ0v) is 17.1. The number of esters is 1. The number of ether oxygens (including phenoxy) is 2. The maximum atomic E-state index is 12.6. The van der Waals surface area contributed by atoms with Gasteiger partial charge in [-0.25, -0.2) is 9.78 Å². The first-order chi connectivity index (χ1) is 13.4. The molecule has 8 heteroatoms. The first-order valence-corrected chi connectivity index (χ1v) is 9.96. The highest BCUT2D eigenvalue weighted by Crippen LogP contribution is 2.29. The van der Waals surface area contributed by atoms with Gasteiger partial charge in [0.15, 0.2) is 0 Å². The van der Waals surface area contributed by atoms with Gasteiger partial charge in [-0.05, 0) is 57.5 Å². The lowest BCUT2D eigenvalue weighted by atomic mass is 10.2. The van der Waals surface area contributed by atoms with Crippen molar-refractivity contribution in [3.05, 3.63) is 50.9 Å². The van der Waals surface area contributed by atoms with Crippen molar-refractivity contribution in [2.75, 3.05) is 18.5 Å². The number of hydrogen-bond donors (Lipinski definition) is 2. The third kappa shape index (κ3) is 4.01. The Morgan fingerprint density at radius 1 is 1.25 bits per heavy atom. The Morgan fingerprint density at radius 3 is 2.61 bits per heavy atom. The highest BCUT2D eigenvalue weighted by Gasteiger charge is 2.21. The molecule has 1 aromatic carbocycles. The minimum Gasteiger partial charge on any atom is -0.494 e. The molecule has 2 aromatic heterocycles. The minimum atomic E-state index is -0.426. The van der Waals surface area contributed by atoms with Crippen LogP contribution in [0.1, 0.15) is 47.9 Å². The van der Waals surface area contributed by atoms with E-state index in [0.717, 1.165) is 11.4 Å². The molecule has 0 aliphatic rings. The van der Waals surface area contributed by atoms with Crippen LogP contribution in [0.2, 0.25) is 0 Å². The van der Waals surface area contributed by atoms with Gasteiger partial charge in [-0.1, -0.05) is 0 Å². The van der Waals surface area contributed by atoms with Crippen LogP contribution in [0.4, 0.5) is 5.69 Å². The standard InChI is InChI=1S/C20H23N3O4S/c1-5-26-14-9-7-13(8-10-14)21-12(4)17-22-18(24)15-11(3)16(20(25)27-6-2)28-19(15)23-17/h7-10,12,21H,5-6H2,1-4H3,(H,22,23,24)/t12-/m1/s1. The number of nitrogens with one attached hydrogen (secondary N) is 2. The number of carbonyl (C=O) groups is 1. The lowest BCUT2D eigenvalue weighted by molar-refractivity contribution is 0.0531. The van der Waals surface area contributed by atoms with Crippen LogP contribution in [0.15, 0.2) is 29.1 Å². The first-order valence-electron chi connectivity index (χ1n) is 9.14. The molecule has 148 valence electrons. The average molecular weight is 401 g/mol. The number of carbonyl (C=O) groups excluding carboxylic acids is 1. The molecule has 2 heterocycles. The topological polar surface area (TPSA) is 93.3 Å². The van der Waals surface area contributed by atoms with E-state index in [9.17, 15) is 9.59 Å². The Balaban J connectivity index is 1.88. The summed E-state index contributed by atoms with van der Waals surface area (Å²) in [7, 11) is 0. The lowest BCUT2D eigenvalue weighted by Gasteiger charge is -2.15. The van der Waals surface area contributed by atoms with Gasteiger partial charge in [0.05, 0.1) is 24.6 Å². The summed E-state index contributed by atoms with van der Waals surface area (Å²) in [6.45, 7) is 8.23. The van der Waals surface area contributed by atoms with E-state index in [1.165, 1.54) is 11.3 Å². The van der Waals surface area contributed by atoms with Crippen LogP contribution in [0, 0.1) is 6.92 Å². The summed E-state index contributed by atoms with van der Waals surface area (Å²) in [5.74, 6) is 0.877. The summed E-state index contributed by atoms with van der Waals surface area (Å²) in [5.41, 5.74) is 1.23. The third-order valence-corrected chi connectivity index (χ3v) is 5.40. The fraction of sp³-hybridized carbons (Fsp3) is 0.350. The molecule has 7 nitrogen and oxygen atoms in total. The van der Waals surface area contributed by atoms with Crippen LogP contribution in [0.5, 0.6) is 5.75 Å². The van der Waals surface area contributed by atoms with Gasteiger partial charge in [-0.3, -0.25) is 4.79 Å². The van der Waals surface area contributed by atoms with E-state index in [-0.39, 0.29) is 18.2 Å². The number of anilines is 1. The van der Waals surface area contributed by atoms with Crippen molar-refractivity contribution in [3.8, 4) is 5.75 Å². The molecule has 0 aliphatic carbocycles. The van der Waals surface area contributed by atoms with Crippen molar-refractivity contribution in [1.29, 1.82) is 0 Å². The Morgan fingerprint density at radius 2 is 1.96 bits per heavy atom. The van der Waals surface area contributed by atoms with Crippen LogP contribution in [0.3, 0.4) is 0 Å². The van der Waals surface area contributed by atoms with Gasteiger partial charge in [0.1, 0.15) is 21.3 Å². The SMILES string of the molecule is CCOC(=O)c1sc2nc([C@@H](C)Nc3ccc(OCC)cc3)[nH]c(=O)c2c1C. The molecule has 0 unspecified atom stereocenters. The summed E-state index contributed by atoms with van der Waals surface area (Å²) in [6.07, 6.45) is 0. The molecule has 1 atom stereocenters. The molecular weight excluding hydrogens is 378 g/mol. The van der Waals surface area contributed by atoms with Gasteiger partial charge < -0.3 is 19.8 Å². The second kappa shape index (κ2) is 8.43. The molecule has 0 saturated carbocycles. The smallest absolute Gasteiger partial charge is 0.348 e. The van der Waals surface area contributed by atoms with Gasteiger partial charge >= 0.3 is 5.97 Å². The summed E-state index contributed by atoms with van der Waals surface area (Å²) in [4.78, 5) is 33.1. The van der Waals surface area contributed by atoms with Crippen molar-refractivity contribution in [1.82, 2.24) is 9.97 Å². The fourth-order valence-electron chi connectivity index (χ4n) is 2.89. The minimum absolute atomic E-state index is 0.233. The molecule has 2 N–H and O–H groups in total. The van der Waals surface area contributed by atoms with E-state index >= 15 is 0 Å². The van der Waals surface area contributed by atoms with E-state index in [4.69, 9.17) is 9.47 Å². The average Bonchev–Trinajstić information content (AvgIpc) is 3.01. The number of nitrogens with zero attached hydrogens (tertiary/aromatic N) is 1. The second-order valence-corrected chi connectivity index (χ2v) is 7.23. The normalized spacial score (nSPS) is 12.0. The van der Waals surface area contributed by atoms with Crippen LogP contribution in [0.25, 0.3) is 10.2 Å². The molecule has 0 radical (unpaired) electrons. The number of aromatic nitrogens is 2. The highest BCUT2D eigenvalue weighted by atomic mass is 32.1. The largest absolute Gasteiger partial charge is 0.494 e. The van der Waals surface area contributed by atoms with Gasteiger partial charge in [0.25, 0.3) is 5.56 Å². The van der Waals surface area contributed by atoms with Crippen LogP contribution in [-0.4, -0.2) is 29.2 Å². The Hall–Kier alpha value is -2.87. The quantitative estimate of drug-likeness (QED) is 0.581. The van der Waals surface area contributed by atoms with Gasteiger partial charge in [-0.15, -0.1) is 11.3 Å². The van der Waals surface area contributed by atoms with E-state index in [1.54, 1.807) is 13.8 Å². The highest BCUT2D eigenvalue weighted by molar-refractivity contribution is 7.20. The van der Waals surface area contributed by atoms with Crippen molar-refractivity contribution in [2.24, 2.45) is 0 Å². The van der Waals surface area contributed by atoms with Crippen molar-refractivity contribution < 1.29 is 14.3 Å². The summed E-state index contributed by atoms with van der Waals surface area (Å²) >= 11 is 1.18. The lowest BCUT2D eigenvalue weighted by Crippen LogP contribution is -2.17. The van der Waals surface area contributed by atoms with Gasteiger partial charge in [0, 0.05) is 5.69 Å². The fourth-order valence-corrected chi connectivity index (χ4v) is 3.97. The number of hydrogen-bond acceptors (Lipinski definition) is 7. The number of aromatic amines is 1. The van der Waals surface area contributed by atoms with Crippen LogP contribution in [-0.2, 0) is 4.74 Å². The van der Waals surface area contributed by atoms with Crippen molar-refractivity contribution in [2.45, 2.75) is 33.7 Å². The molecule has 3 rings (SSSR count). The molecule has 0 bridgehead atoms. The first kappa shape index (κ1) is 19.9. The maximum absolute atomic E-state index is 12.6. The Bertz CT molecular complexity index is 1040. The van der Waals surface area contributed by atoms with E-state index < -0.39 is 5.97 Å². The monoisotopic (exact) mass is 401 g/mol. The predicted molar refractivity (Wildman–Crippen MR) is 111 cm³/mol. The molecule has 3 aromatic rings. The predicted octanol–water partition coefficient (Wildman–Crippen LogP) is 4.04. The zero-order chi connectivity index (χ0) is 20.3. The molecular formula is C20H23N3O4S. The number of H-pyrrole nitrogens is 1. The number of rotatable bonds is 7. The molecule has 0 amide bonds. The zero-order valence-electron chi connectivity index (χ0n) is 16.3. The molecule has 0 spiro atoms. The van der Waals surface area contributed by atoms with Gasteiger partial charge in [0.2, 0.25) is 0 Å². The molecule has 28 heavy (non-hydrogen) atoms. The number of thiophene rings is 1. The summed E-state index contributed by atoms with van der Waals surface area (Å²) < 4.78 is 10.5. The maximum Gasteiger partial charge on any atom is 0.348 e. The summed E-state index contributed by atoms with van der Waals surface area (Å²) in [6, 6.07) is 7.35. The van der Waals surface area contributed by atoms with E-state index in [0.29, 0.717) is 33.1 Å². The van der Waals surface area contributed by atoms with E-state index in [1.807, 2.05) is 38.1 Å².